The molecule has 3 N–H and O–H groups in total. The van der Waals surface area contributed by atoms with Crippen LogP contribution < -0.4 is 0 Å². The van der Waals surface area contributed by atoms with Crippen molar-refractivity contribution in [2.45, 2.75) is 9.79 Å². The first-order chi connectivity index (χ1) is 11.5. The number of nitrogens with zero attached hydrogens (tertiary/aromatic N) is 2. The van der Waals surface area contributed by atoms with Crippen LogP contribution in [0.15, 0.2) is 62.5 Å². The van der Waals surface area contributed by atoms with Gasteiger partial charge in [-0.15, -0.1) is 10.2 Å². The van der Waals surface area contributed by atoms with Crippen LogP contribution >= 0.6 is 22.6 Å². The molecule has 0 bridgehead atoms. The molecule has 0 amide bonds. The van der Waals surface area contributed by atoms with Gasteiger partial charge in [0, 0.05) is 9.13 Å². The summed E-state index contributed by atoms with van der Waals surface area (Å²) in [5, 5.41) is 15.2. The van der Waals surface area contributed by atoms with E-state index in [9.17, 15) is 21.4 Å². The number of benzene rings is 2. The summed E-state index contributed by atoms with van der Waals surface area (Å²) < 4.78 is 64.3. The molecular formula is C13H10IN3O6S2. The molecule has 0 unspecified atom stereocenters. The van der Waals surface area contributed by atoms with Gasteiger partial charge in [-0.25, -0.2) is 0 Å². The third kappa shape index (κ3) is 5.12. The highest BCUT2D eigenvalue weighted by molar-refractivity contribution is 14.1. The molecule has 0 aliphatic carbocycles. The maximum absolute atomic E-state index is 11.5. The quantitative estimate of drug-likeness (QED) is 0.195. The summed E-state index contributed by atoms with van der Waals surface area (Å²) in [7, 11) is -9.56. The molecule has 9 nitrogen and oxygen atoms in total. The van der Waals surface area contributed by atoms with Crippen LogP contribution in [0.3, 0.4) is 0 Å². The Balaban J connectivity index is 2.47. The Bertz CT molecular complexity index is 1060. The minimum atomic E-state index is -4.87. The van der Waals surface area contributed by atoms with Gasteiger partial charge in [0.05, 0.1) is 10.6 Å². The molecule has 0 saturated heterocycles. The zero-order valence-electron chi connectivity index (χ0n) is 12.2. The van der Waals surface area contributed by atoms with Crippen molar-refractivity contribution in [3.63, 3.8) is 0 Å². The highest BCUT2D eigenvalue weighted by Gasteiger charge is 2.22. The number of halogens is 1. The average molecular weight is 495 g/mol. The van der Waals surface area contributed by atoms with Gasteiger partial charge in [-0.05, 0) is 65.1 Å². The molecule has 0 heterocycles. The molecule has 2 aromatic rings. The van der Waals surface area contributed by atoms with E-state index in [-0.39, 0.29) is 5.56 Å². The van der Waals surface area contributed by atoms with E-state index in [1.54, 1.807) is 24.3 Å². The van der Waals surface area contributed by atoms with Crippen LogP contribution in [0.5, 0.6) is 0 Å². The van der Waals surface area contributed by atoms with Gasteiger partial charge in [-0.1, -0.05) is 0 Å². The Morgan fingerprint density at radius 3 is 2.08 bits per heavy atom. The van der Waals surface area contributed by atoms with E-state index in [1.165, 1.54) is 0 Å². The van der Waals surface area contributed by atoms with E-state index in [2.05, 4.69) is 32.8 Å². The maximum Gasteiger partial charge on any atom is 0.295 e. The summed E-state index contributed by atoms with van der Waals surface area (Å²) in [6.45, 7) is 0. The van der Waals surface area contributed by atoms with Gasteiger partial charge in [0.15, 0.2) is 5.84 Å². The Morgan fingerprint density at radius 2 is 1.56 bits per heavy atom. The van der Waals surface area contributed by atoms with Gasteiger partial charge < -0.3 is 0 Å². The van der Waals surface area contributed by atoms with Crippen LogP contribution in [0.2, 0.25) is 0 Å². The largest absolute Gasteiger partial charge is 0.295 e. The summed E-state index contributed by atoms with van der Waals surface area (Å²) >= 11 is 2.09. The van der Waals surface area contributed by atoms with Crippen LogP contribution in [0.25, 0.3) is 0 Å². The molecule has 0 spiro atoms. The number of rotatable bonds is 4. The van der Waals surface area contributed by atoms with E-state index in [1.807, 2.05) is 0 Å². The van der Waals surface area contributed by atoms with Gasteiger partial charge >= 0.3 is 0 Å². The third-order valence-electron chi connectivity index (χ3n) is 2.88. The van der Waals surface area contributed by atoms with E-state index in [0.29, 0.717) is 11.8 Å². The van der Waals surface area contributed by atoms with Gasteiger partial charge in [0.25, 0.3) is 20.2 Å². The third-order valence-corrected chi connectivity index (χ3v) is 5.34. The van der Waals surface area contributed by atoms with Crippen LogP contribution in [0.1, 0.15) is 5.56 Å². The van der Waals surface area contributed by atoms with Gasteiger partial charge in [-0.2, -0.15) is 16.8 Å². The van der Waals surface area contributed by atoms with Crippen LogP contribution in [0.4, 0.5) is 5.69 Å². The van der Waals surface area contributed by atoms with E-state index in [0.717, 1.165) is 15.7 Å². The lowest BCUT2D eigenvalue weighted by molar-refractivity contribution is 0.481. The fourth-order valence-electron chi connectivity index (χ4n) is 1.74. The highest BCUT2D eigenvalue weighted by atomic mass is 127. The second-order valence-corrected chi connectivity index (χ2v) is 8.69. The van der Waals surface area contributed by atoms with E-state index >= 15 is 0 Å². The van der Waals surface area contributed by atoms with Crippen molar-refractivity contribution >= 4 is 54.4 Å². The average Bonchev–Trinajstić information content (AvgIpc) is 2.52. The van der Waals surface area contributed by atoms with Gasteiger partial charge in [0.2, 0.25) is 0 Å². The van der Waals surface area contributed by atoms with E-state index < -0.39 is 35.9 Å². The number of amidine groups is 1. The van der Waals surface area contributed by atoms with Crippen LogP contribution in [-0.4, -0.2) is 31.8 Å². The molecule has 0 aliphatic heterocycles. The molecule has 2 rings (SSSR count). The van der Waals surface area contributed by atoms with Gasteiger partial charge in [-0.3, -0.25) is 14.5 Å². The standard InChI is InChI=1S/C13H10IN3O6S2/c14-8-1-3-9(4-2-8)16-17-13(15)11-6-5-10(24(18,19)20)7-12(11)25(21,22)23/h1-7,15H,(H,18,19,20)(H,21,22,23). The molecule has 132 valence electrons. The Hall–Kier alpha value is -1.74. The first-order valence-electron chi connectivity index (χ1n) is 6.34. The van der Waals surface area contributed by atoms with Gasteiger partial charge in [0.1, 0.15) is 4.90 Å². The monoisotopic (exact) mass is 495 g/mol. The van der Waals surface area contributed by atoms with E-state index in [4.69, 9.17) is 9.96 Å². The topological polar surface area (TPSA) is 157 Å². The zero-order valence-corrected chi connectivity index (χ0v) is 15.9. The summed E-state index contributed by atoms with van der Waals surface area (Å²) in [6, 6.07) is 9.12. The molecular weight excluding hydrogens is 485 g/mol. The summed E-state index contributed by atoms with van der Waals surface area (Å²) in [6.07, 6.45) is 0. The summed E-state index contributed by atoms with van der Waals surface area (Å²) in [4.78, 5) is -1.62. The van der Waals surface area contributed by atoms with Crippen molar-refractivity contribution in [2.24, 2.45) is 10.2 Å². The molecule has 25 heavy (non-hydrogen) atoms. The van der Waals surface area contributed by atoms with Crippen molar-refractivity contribution in [3.05, 3.63) is 51.6 Å². The normalized spacial score (nSPS) is 12.4. The lowest BCUT2D eigenvalue weighted by Gasteiger charge is -2.06. The number of nitrogens with one attached hydrogen (secondary N) is 1. The molecule has 0 aromatic heterocycles. The first kappa shape index (κ1) is 19.6. The maximum atomic E-state index is 11.5. The fourth-order valence-corrected chi connectivity index (χ4v) is 3.40. The highest BCUT2D eigenvalue weighted by Crippen LogP contribution is 2.22. The predicted molar refractivity (Wildman–Crippen MR) is 96.6 cm³/mol. The fraction of sp³-hybridized carbons (Fsp3) is 0. The summed E-state index contributed by atoms with van der Waals surface area (Å²) in [5.41, 5.74) is 0.0392. The van der Waals surface area contributed by atoms with Crippen molar-refractivity contribution in [1.29, 1.82) is 5.41 Å². The minimum absolute atomic E-state index is 0.371. The lowest BCUT2D eigenvalue weighted by atomic mass is 10.2. The van der Waals surface area contributed by atoms with Crippen LogP contribution in [0, 0.1) is 8.98 Å². The molecule has 0 aliphatic rings. The Kier molecular flexibility index (Phi) is 5.68. The SMILES string of the molecule is N=C(N=Nc1ccc(I)cc1)c1ccc(S(=O)(=O)O)cc1S(=O)(=O)O. The zero-order chi connectivity index (χ0) is 18.8. The smallest absolute Gasteiger partial charge is 0.282 e. The second-order valence-electron chi connectivity index (χ2n) is 4.63. The van der Waals surface area contributed by atoms with Crippen molar-refractivity contribution in [2.75, 3.05) is 0 Å². The van der Waals surface area contributed by atoms with Crippen molar-refractivity contribution < 1.29 is 25.9 Å². The van der Waals surface area contributed by atoms with Crippen molar-refractivity contribution in [3.8, 4) is 0 Å². The number of hydrogen-bond acceptors (Lipinski definition) is 6. The Labute approximate surface area is 157 Å². The predicted octanol–water partition coefficient (Wildman–Crippen LogP) is 2.89. The lowest BCUT2D eigenvalue weighted by Crippen LogP contribution is -2.09. The molecule has 12 heteroatoms. The number of azo groups is 1. The molecule has 2 aromatic carbocycles. The Morgan fingerprint density at radius 1 is 0.960 bits per heavy atom. The first-order valence-corrected chi connectivity index (χ1v) is 10.3. The minimum Gasteiger partial charge on any atom is -0.282 e. The molecule has 0 atom stereocenters. The summed E-state index contributed by atoms with van der Waals surface area (Å²) in [5.74, 6) is -0.618. The molecule has 0 fully saturated rings. The van der Waals surface area contributed by atoms with Crippen molar-refractivity contribution in [1.82, 2.24) is 0 Å². The number of hydrogen-bond donors (Lipinski definition) is 3. The molecule has 0 saturated carbocycles. The second kappa shape index (κ2) is 7.25. The molecule has 0 radical (unpaired) electrons. The van der Waals surface area contributed by atoms with Crippen LogP contribution in [-0.2, 0) is 20.2 Å².